The number of aromatic nitrogens is 1. The standard InChI is InChI=1S/C15H24N2O6/c1-2-20-5-6-21-7-8-22-13-4-3-12(17-10-13)9-14(11-18)23-15(16)19/h3-4,10,14,18H,2,5-9,11H2,1H3,(H2,16,19). The van der Waals surface area contributed by atoms with Crippen LogP contribution in [-0.2, 0) is 20.6 Å². The zero-order chi connectivity index (χ0) is 16.9. The summed E-state index contributed by atoms with van der Waals surface area (Å²) < 4.78 is 20.7. The molecule has 0 aromatic carbocycles. The fourth-order valence-electron chi connectivity index (χ4n) is 1.74. The third kappa shape index (κ3) is 8.97. The van der Waals surface area contributed by atoms with E-state index in [1.807, 2.05) is 6.92 Å². The Balaban J connectivity index is 2.26. The number of nitrogens with two attached hydrogens (primary N) is 1. The molecule has 0 aliphatic rings. The van der Waals surface area contributed by atoms with Gasteiger partial charge >= 0.3 is 6.09 Å². The van der Waals surface area contributed by atoms with Crippen molar-refractivity contribution in [2.24, 2.45) is 5.73 Å². The van der Waals surface area contributed by atoms with Crippen LogP contribution in [0.3, 0.4) is 0 Å². The van der Waals surface area contributed by atoms with Gasteiger partial charge in [-0.3, -0.25) is 4.98 Å². The Morgan fingerprint density at radius 1 is 1.26 bits per heavy atom. The highest BCUT2D eigenvalue weighted by atomic mass is 16.6. The van der Waals surface area contributed by atoms with Gasteiger partial charge in [-0.25, -0.2) is 4.79 Å². The summed E-state index contributed by atoms with van der Waals surface area (Å²) >= 11 is 0. The maximum Gasteiger partial charge on any atom is 0.404 e. The van der Waals surface area contributed by atoms with Crippen LogP contribution in [0.25, 0.3) is 0 Å². The van der Waals surface area contributed by atoms with Crippen LogP contribution in [0.1, 0.15) is 12.6 Å². The van der Waals surface area contributed by atoms with Crippen molar-refractivity contribution < 1.29 is 28.8 Å². The summed E-state index contributed by atoms with van der Waals surface area (Å²) in [5, 5.41) is 9.10. The molecule has 1 aromatic rings. The van der Waals surface area contributed by atoms with Crippen LogP contribution in [-0.4, -0.2) is 61.9 Å². The van der Waals surface area contributed by atoms with Gasteiger partial charge in [-0.1, -0.05) is 0 Å². The average Bonchev–Trinajstić information content (AvgIpc) is 2.54. The molecular formula is C15H24N2O6. The van der Waals surface area contributed by atoms with E-state index >= 15 is 0 Å². The number of carbonyl (C=O) groups is 1. The third-order valence-electron chi connectivity index (χ3n) is 2.79. The van der Waals surface area contributed by atoms with E-state index in [1.54, 1.807) is 18.3 Å². The third-order valence-corrected chi connectivity index (χ3v) is 2.79. The average molecular weight is 328 g/mol. The number of aliphatic hydroxyl groups is 1. The van der Waals surface area contributed by atoms with Crippen LogP contribution >= 0.6 is 0 Å². The van der Waals surface area contributed by atoms with Crippen molar-refractivity contribution in [1.29, 1.82) is 0 Å². The van der Waals surface area contributed by atoms with E-state index in [-0.39, 0.29) is 13.0 Å². The van der Waals surface area contributed by atoms with Crippen molar-refractivity contribution >= 4 is 6.09 Å². The van der Waals surface area contributed by atoms with Crippen molar-refractivity contribution in [1.82, 2.24) is 4.98 Å². The van der Waals surface area contributed by atoms with Crippen LogP contribution in [0.15, 0.2) is 18.3 Å². The van der Waals surface area contributed by atoms with E-state index in [2.05, 4.69) is 4.98 Å². The summed E-state index contributed by atoms with van der Waals surface area (Å²) in [6.07, 6.45) is 0.216. The second-order valence-electron chi connectivity index (χ2n) is 4.59. The molecule has 0 fully saturated rings. The Labute approximate surface area is 135 Å². The maximum absolute atomic E-state index is 10.7. The minimum Gasteiger partial charge on any atom is -0.490 e. The molecular weight excluding hydrogens is 304 g/mol. The first-order valence-electron chi connectivity index (χ1n) is 7.45. The second-order valence-corrected chi connectivity index (χ2v) is 4.59. The molecule has 23 heavy (non-hydrogen) atoms. The lowest BCUT2D eigenvalue weighted by molar-refractivity contribution is 0.0404. The SMILES string of the molecule is CCOCCOCCOc1ccc(CC(CO)OC(N)=O)nc1. The van der Waals surface area contributed by atoms with Gasteiger partial charge in [-0.2, -0.15) is 0 Å². The fourth-order valence-corrected chi connectivity index (χ4v) is 1.74. The number of amides is 1. The highest BCUT2D eigenvalue weighted by molar-refractivity contribution is 5.64. The van der Waals surface area contributed by atoms with Crippen LogP contribution in [0.4, 0.5) is 4.79 Å². The lowest BCUT2D eigenvalue weighted by Crippen LogP contribution is -2.27. The number of nitrogens with zero attached hydrogens (tertiary/aromatic N) is 1. The lowest BCUT2D eigenvalue weighted by Gasteiger charge is -2.13. The Morgan fingerprint density at radius 3 is 2.61 bits per heavy atom. The number of pyridine rings is 1. The van der Waals surface area contributed by atoms with E-state index in [0.29, 0.717) is 44.5 Å². The summed E-state index contributed by atoms with van der Waals surface area (Å²) in [6, 6.07) is 3.49. The predicted octanol–water partition coefficient (Wildman–Crippen LogP) is 0.512. The molecule has 1 amide bonds. The van der Waals surface area contributed by atoms with Gasteiger partial charge < -0.3 is 29.8 Å². The number of hydrogen-bond acceptors (Lipinski definition) is 7. The molecule has 3 N–H and O–H groups in total. The van der Waals surface area contributed by atoms with Crippen molar-refractivity contribution in [3.8, 4) is 5.75 Å². The van der Waals surface area contributed by atoms with Crippen LogP contribution in [0.2, 0.25) is 0 Å². The van der Waals surface area contributed by atoms with Gasteiger partial charge in [0.25, 0.3) is 0 Å². The minimum atomic E-state index is -0.923. The molecule has 1 unspecified atom stereocenters. The highest BCUT2D eigenvalue weighted by Crippen LogP contribution is 2.11. The summed E-state index contributed by atoms with van der Waals surface area (Å²) in [7, 11) is 0. The van der Waals surface area contributed by atoms with Crippen molar-refractivity contribution in [3.63, 3.8) is 0 Å². The van der Waals surface area contributed by atoms with Gasteiger partial charge in [0.05, 0.1) is 32.6 Å². The Bertz CT molecular complexity index is 440. The van der Waals surface area contributed by atoms with Crippen LogP contribution in [0, 0.1) is 0 Å². The summed E-state index contributed by atoms with van der Waals surface area (Å²) in [6.45, 7) is 4.29. The first kappa shape index (κ1) is 19.1. The molecule has 0 aliphatic carbocycles. The number of ether oxygens (including phenoxy) is 4. The summed E-state index contributed by atoms with van der Waals surface area (Å²) in [5.41, 5.74) is 5.58. The summed E-state index contributed by atoms with van der Waals surface area (Å²) in [4.78, 5) is 14.9. The molecule has 0 aliphatic heterocycles. The quantitative estimate of drug-likeness (QED) is 0.537. The topological polar surface area (TPSA) is 113 Å². The molecule has 0 saturated heterocycles. The number of primary amides is 1. The van der Waals surface area contributed by atoms with E-state index in [1.165, 1.54) is 0 Å². The Morgan fingerprint density at radius 2 is 2.00 bits per heavy atom. The van der Waals surface area contributed by atoms with Crippen LogP contribution in [0.5, 0.6) is 5.75 Å². The normalized spacial score (nSPS) is 11.9. The van der Waals surface area contributed by atoms with Gasteiger partial charge in [0, 0.05) is 18.7 Å². The fraction of sp³-hybridized carbons (Fsp3) is 0.600. The van der Waals surface area contributed by atoms with Gasteiger partial charge in [0.1, 0.15) is 18.5 Å². The van der Waals surface area contributed by atoms with Gasteiger partial charge in [-0.15, -0.1) is 0 Å². The predicted molar refractivity (Wildman–Crippen MR) is 82.3 cm³/mol. The molecule has 1 aromatic heterocycles. The molecule has 8 nitrogen and oxygen atoms in total. The lowest BCUT2D eigenvalue weighted by atomic mass is 10.2. The minimum absolute atomic E-state index is 0.278. The van der Waals surface area contributed by atoms with Crippen molar-refractivity contribution in [3.05, 3.63) is 24.0 Å². The largest absolute Gasteiger partial charge is 0.490 e. The van der Waals surface area contributed by atoms with Crippen molar-refractivity contribution in [2.75, 3.05) is 39.6 Å². The smallest absolute Gasteiger partial charge is 0.404 e. The van der Waals surface area contributed by atoms with Gasteiger partial charge in [0.15, 0.2) is 0 Å². The number of aliphatic hydroxyl groups excluding tert-OH is 1. The van der Waals surface area contributed by atoms with Gasteiger partial charge in [0.2, 0.25) is 0 Å². The molecule has 1 heterocycles. The van der Waals surface area contributed by atoms with E-state index in [9.17, 15) is 4.79 Å². The molecule has 0 saturated carbocycles. The number of carbonyl (C=O) groups excluding carboxylic acids is 1. The van der Waals surface area contributed by atoms with Gasteiger partial charge in [-0.05, 0) is 19.1 Å². The maximum atomic E-state index is 10.7. The Kier molecular flexibility index (Phi) is 9.69. The second kappa shape index (κ2) is 11.6. The molecule has 8 heteroatoms. The van der Waals surface area contributed by atoms with Crippen molar-refractivity contribution in [2.45, 2.75) is 19.4 Å². The molecule has 130 valence electrons. The molecule has 1 atom stereocenters. The molecule has 0 bridgehead atoms. The highest BCUT2D eigenvalue weighted by Gasteiger charge is 2.13. The zero-order valence-electron chi connectivity index (χ0n) is 13.3. The Hall–Kier alpha value is -1.90. The zero-order valence-corrected chi connectivity index (χ0v) is 13.3. The number of hydrogen-bond donors (Lipinski definition) is 2. The number of rotatable bonds is 12. The van der Waals surface area contributed by atoms with E-state index in [4.69, 9.17) is 29.8 Å². The molecule has 1 rings (SSSR count). The molecule has 0 radical (unpaired) electrons. The first-order chi connectivity index (χ1) is 11.2. The first-order valence-corrected chi connectivity index (χ1v) is 7.45. The molecule has 0 spiro atoms. The summed E-state index contributed by atoms with van der Waals surface area (Å²) in [5.74, 6) is 0.610. The van der Waals surface area contributed by atoms with E-state index in [0.717, 1.165) is 0 Å². The van der Waals surface area contributed by atoms with Crippen LogP contribution < -0.4 is 10.5 Å². The van der Waals surface area contributed by atoms with E-state index < -0.39 is 12.2 Å². The monoisotopic (exact) mass is 328 g/mol.